The van der Waals surface area contributed by atoms with Gasteiger partial charge in [-0.15, -0.1) is 11.3 Å². The molecule has 112 valence electrons. The molecule has 0 saturated carbocycles. The van der Waals surface area contributed by atoms with E-state index in [2.05, 4.69) is 0 Å². The van der Waals surface area contributed by atoms with Crippen molar-refractivity contribution in [1.29, 1.82) is 0 Å². The van der Waals surface area contributed by atoms with Crippen molar-refractivity contribution in [3.05, 3.63) is 39.3 Å². The van der Waals surface area contributed by atoms with Gasteiger partial charge in [-0.25, -0.2) is 4.98 Å². The highest BCUT2D eigenvalue weighted by molar-refractivity contribution is 7.11. The predicted octanol–water partition coefficient (Wildman–Crippen LogP) is 3.09. The average molecular weight is 304 g/mol. The van der Waals surface area contributed by atoms with E-state index in [9.17, 15) is 0 Å². The summed E-state index contributed by atoms with van der Waals surface area (Å²) in [6, 6.07) is 5.52. The number of ether oxygens (including phenoxy) is 2. The maximum atomic E-state index is 6.44. The van der Waals surface area contributed by atoms with Gasteiger partial charge in [0.15, 0.2) is 11.5 Å². The minimum atomic E-state index is -0.273. The molecule has 1 unspecified atom stereocenters. The van der Waals surface area contributed by atoms with Crippen molar-refractivity contribution in [3.8, 4) is 11.5 Å². The molecule has 1 aliphatic carbocycles. The predicted molar refractivity (Wildman–Crippen MR) is 84.3 cm³/mol. The van der Waals surface area contributed by atoms with Crippen LogP contribution in [0, 0.1) is 0 Å². The van der Waals surface area contributed by atoms with Crippen LogP contribution in [-0.4, -0.2) is 19.2 Å². The van der Waals surface area contributed by atoms with Crippen molar-refractivity contribution in [2.24, 2.45) is 5.73 Å². The Labute approximate surface area is 128 Å². The van der Waals surface area contributed by atoms with E-state index in [4.69, 9.17) is 20.2 Å². The summed E-state index contributed by atoms with van der Waals surface area (Å²) in [7, 11) is 3.27. The number of hydrogen-bond acceptors (Lipinski definition) is 5. The van der Waals surface area contributed by atoms with Crippen LogP contribution in [0.2, 0.25) is 0 Å². The molecule has 0 bridgehead atoms. The monoisotopic (exact) mass is 304 g/mol. The first kappa shape index (κ1) is 14.4. The smallest absolute Gasteiger partial charge is 0.165 e. The van der Waals surface area contributed by atoms with Crippen LogP contribution in [0.4, 0.5) is 0 Å². The molecule has 0 spiro atoms. The average Bonchev–Trinajstić information content (AvgIpc) is 2.97. The van der Waals surface area contributed by atoms with E-state index in [1.807, 2.05) is 18.2 Å². The van der Waals surface area contributed by atoms with Crippen molar-refractivity contribution >= 4 is 11.3 Å². The van der Waals surface area contributed by atoms with Gasteiger partial charge in [-0.2, -0.15) is 0 Å². The van der Waals surface area contributed by atoms with Gasteiger partial charge in [0.25, 0.3) is 0 Å². The highest BCUT2D eigenvalue weighted by atomic mass is 32.1. The fourth-order valence-electron chi connectivity index (χ4n) is 2.79. The van der Waals surface area contributed by atoms with Gasteiger partial charge >= 0.3 is 0 Å². The van der Waals surface area contributed by atoms with Gasteiger partial charge in [0.1, 0.15) is 5.01 Å². The number of aryl methyl sites for hydroxylation is 2. The number of fused-ring (bicyclic) bond motifs is 1. The number of para-hydroxylation sites is 1. The van der Waals surface area contributed by atoms with E-state index in [1.54, 1.807) is 25.6 Å². The fourth-order valence-corrected chi connectivity index (χ4v) is 3.97. The summed E-state index contributed by atoms with van der Waals surface area (Å²) in [5.41, 5.74) is 8.59. The third kappa shape index (κ3) is 2.63. The molecule has 0 radical (unpaired) electrons. The molecular weight excluding hydrogens is 284 g/mol. The Morgan fingerprint density at radius 1 is 1.19 bits per heavy atom. The number of benzene rings is 1. The molecule has 1 atom stereocenters. The zero-order chi connectivity index (χ0) is 14.8. The molecule has 1 heterocycles. The first-order chi connectivity index (χ1) is 10.2. The maximum absolute atomic E-state index is 6.44. The van der Waals surface area contributed by atoms with Crippen molar-refractivity contribution in [1.82, 2.24) is 4.98 Å². The number of aromatic nitrogens is 1. The van der Waals surface area contributed by atoms with Crippen molar-refractivity contribution in [3.63, 3.8) is 0 Å². The van der Waals surface area contributed by atoms with Crippen LogP contribution in [-0.2, 0) is 12.8 Å². The molecule has 4 nitrogen and oxygen atoms in total. The number of thiazole rings is 1. The molecule has 0 fully saturated rings. The normalized spacial score (nSPS) is 15.4. The minimum Gasteiger partial charge on any atom is -0.493 e. The zero-order valence-corrected chi connectivity index (χ0v) is 13.2. The highest BCUT2D eigenvalue weighted by Crippen LogP contribution is 2.38. The summed E-state index contributed by atoms with van der Waals surface area (Å²) >= 11 is 1.74. The van der Waals surface area contributed by atoms with E-state index in [1.165, 1.54) is 23.4 Å². The topological polar surface area (TPSA) is 57.4 Å². The van der Waals surface area contributed by atoms with E-state index in [0.717, 1.165) is 23.4 Å². The van der Waals surface area contributed by atoms with Crippen LogP contribution in [0.1, 0.15) is 40.0 Å². The number of hydrogen-bond donors (Lipinski definition) is 1. The van der Waals surface area contributed by atoms with Gasteiger partial charge in [0, 0.05) is 10.4 Å². The van der Waals surface area contributed by atoms with Gasteiger partial charge < -0.3 is 15.2 Å². The lowest BCUT2D eigenvalue weighted by molar-refractivity contribution is 0.350. The van der Waals surface area contributed by atoms with Crippen LogP contribution in [0.5, 0.6) is 11.5 Å². The van der Waals surface area contributed by atoms with Crippen LogP contribution in [0.3, 0.4) is 0 Å². The molecule has 0 amide bonds. The second kappa shape index (κ2) is 6.03. The zero-order valence-electron chi connectivity index (χ0n) is 12.4. The Kier molecular flexibility index (Phi) is 4.12. The summed E-state index contributed by atoms with van der Waals surface area (Å²) in [5.74, 6) is 1.40. The molecule has 5 heteroatoms. The van der Waals surface area contributed by atoms with Crippen LogP contribution >= 0.6 is 11.3 Å². The molecular formula is C16H20N2O2S. The van der Waals surface area contributed by atoms with Crippen LogP contribution in [0.25, 0.3) is 0 Å². The van der Waals surface area contributed by atoms with Crippen molar-refractivity contribution in [2.45, 2.75) is 31.7 Å². The Morgan fingerprint density at radius 2 is 2.00 bits per heavy atom. The first-order valence-electron chi connectivity index (χ1n) is 7.19. The summed E-state index contributed by atoms with van der Waals surface area (Å²) in [6.45, 7) is 0. The Bertz CT molecular complexity index is 616. The van der Waals surface area contributed by atoms with E-state index >= 15 is 0 Å². The molecule has 0 aliphatic heterocycles. The number of rotatable bonds is 4. The van der Waals surface area contributed by atoms with Crippen LogP contribution in [0.15, 0.2) is 18.2 Å². The second-order valence-corrected chi connectivity index (χ2v) is 6.30. The van der Waals surface area contributed by atoms with Gasteiger partial charge in [-0.3, -0.25) is 0 Å². The minimum absolute atomic E-state index is 0.273. The Morgan fingerprint density at radius 3 is 2.71 bits per heavy atom. The first-order valence-corrected chi connectivity index (χ1v) is 8.01. The highest BCUT2D eigenvalue weighted by Gasteiger charge is 2.23. The maximum Gasteiger partial charge on any atom is 0.165 e. The number of nitrogens with zero attached hydrogens (tertiary/aromatic N) is 1. The SMILES string of the molecule is COc1cccc(C(N)c2nc3c(s2)CCCC3)c1OC. The molecule has 2 aromatic rings. The molecule has 3 rings (SSSR count). The van der Waals surface area contributed by atoms with E-state index in [-0.39, 0.29) is 6.04 Å². The molecule has 0 saturated heterocycles. The van der Waals surface area contributed by atoms with Crippen LogP contribution < -0.4 is 15.2 Å². The number of methoxy groups -OCH3 is 2. The van der Waals surface area contributed by atoms with Crippen molar-refractivity contribution in [2.75, 3.05) is 14.2 Å². The third-order valence-electron chi connectivity index (χ3n) is 3.90. The van der Waals surface area contributed by atoms with Crippen molar-refractivity contribution < 1.29 is 9.47 Å². The summed E-state index contributed by atoms with van der Waals surface area (Å²) in [5, 5.41) is 0.966. The largest absolute Gasteiger partial charge is 0.493 e. The lowest BCUT2D eigenvalue weighted by Gasteiger charge is -2.16. The Hall–Kier alpha value is -1.59. The number of nitrogens with two attached hydrogens (primary N) is 1. The molecule has 21 heavy (non-hydrogen) atoms. The van der Waals surface area contributed by atoms with Gasteiger partial charge in [0.05, 0.1) is 26.0 Å². The Balaban J connectivity index is 1.98. The molecule has 1 aromatic carbocycles. The van der Waals surface area contributed by atoms with E-state index in [0.29, 0.717) is 11.5 Å². The molecule has 1 aromatic heterocycles. The fraction of sp³-hybridized carbons (Fsp3) is 0.438. The summed E-state index contributed by atoms with van der Waals surface area (Å²) in [6.07, 6.45) is 4.70. The van der Waals surface area contributed by atoms with Gasteiger partial charge in [0.2, 0.25) is 0 Å². The third-order valence-corrected chi connectivity index (χ3v) is 5.14. The summed E-state index contributed by atoms with van der Waals surface area (Å²) < 4.78 is 10.8. The summed E-state index contributed by atoms with van der Waals surface area (Å²) in [4.78, 5) is 6.15. The second-order valence-electron chi connectivity index (χ2n) is 5.19. The molecule has 2 N–H and O–H groups in total. The van der Waals surface area contributed by atoms with E-state index < -0.39 is 0 Å². The quantitative estimate of drug-likeness (QED) is 0.943. The van der Waals surface area contributed by atoms with Gasteiger partial charge in [-0.1, -0.05) is 12.1 Å². The van der Waals surface area contributed by atoms with Gasteiger partial charge in [-0.05, 0) is 31.7 Å². The molecule has 1 aliphatic rings. The lowest BCUT2D eigenvalue weighted by Crippen LogP contribution is -2.13. The standard InChI is InChI=1S/C16H20N2O2S/c1-19-12-8-5-6-10(15(12)20-2)14(17)16-18-11-7-3-4-9-13(11)21-16/h5-6,8,14H,3-4,7,9,17H2,1-2H3. The lowest BCUT2D eigenvalue weighted by atomic mass is 10.0.